The Balaban J connectivity index is 4.17. The minimum absolute atomic E-state index is 0.0500. The maximum absolute atomic E-state index is 4.45. The molecule has 0 heterocycles. The van der Waals surface area contributed by atoms with Crippen molar-refractivity contribution >= 4 is 5.84 Å². The number of aliphatic imine (C=N–C) groups is 1. The van der Waals surface area contributed by atoms with Gasteiger partial charge in [0.1, 0.15) is 0 Å². The molecule has 0 rings (SSSR count). The monoisotopic (exact) mass is 142 g/mol. The summed E-state index contributed by atoms with van der Waals surface area (Å²) in [4.78, 5) is 6.47. The highest BCUT2D eigenvalue weighted by Crippen LogP contribution is 2.06. The van der Waals surface area contributed by atoms with Gasteiger partial charge in [0.05, 0.1) is 11.4 Å². The molecule has 0 N–H and O–H groups in total. The van der Waals surface area contributed by atoms with Crippen LogP contribution in [0.1, 0.15) is 27.7 Å². The topological polar surface area (TPSA) is 15.6 Å². The maximum Gasteiger partial charge on any atom is 0.0958 e. The molecule has 0 aromatic rings. The van der Waals surface area contributed by atoms with Crippen LogP contribution in [0.4, 0.5) is 0 Å². The average molecular weight is 142 g/mol. The number of nitrogens with zero attached hydrogens (tertiary/aromatic N) is 2. The fourth-order valence-corrected chi connectivity index (χ4v) is 0.585. The van der Waals surface area contributed by atoms with Gasteiger partial charge < -0.3 is 4.90 Å². The quantitative estimate of drug-likeness (QED) is 0.372. The van der Waals surface area contributed by atoms with Crippen LogP contribution in [-0.4, -0.2) is 30.4 Å². The van der Waals surface area contributed by atoms with Crippen LogP contribution in [-0.2, 0) is 0 Å². The fraction of sp³-hybridized carbons (Fsp3) is 0.875. The third kappa shape index (κ3) is 4.36. The highest BCUT2D eigenvalue weighted by molar-refractivity contribution is 5.79. The average Bonchev–Trinajstić information content (AvgIpc) is 1.60. The molecule has 0 saturated heterocycles. The Morgan fingerprint density at radius 2 is 1.60 bits per heavy atom. The third-order valence-corrected chi connectivity index (χ3v) is 1.14. The predicted octanol–water partition coefficient (Wildman–Crippen LogP) is 1.76. The van der Waals surface area contributed by atoms with Gasteiger partial charge in [-0.05, 0) is 27.7 Å². The summed E-state index contributed by atoms with van der Waals surface area (Å²) in [5.41, 5.74) is 0.0500. The minimum Gasteiger partial charge on any atom is -0.367 e. The van der Waals surface area contributed by atoms with Crippen molar-refractivity contribution in [2.75, 3.05) is 14.1 Å². The van der Waals surface area contributed by atoms with Crippen molar-refractivity contribution in [1.29, 1.82) is 0 Å². The van der Waals surface area contributed by atoms with Crippen LogP contribution in [0.3, 0.4) is 0 Å². The molecule has 60 valence electrons. The van der Waals surface area contributed by atoms with E-state index in [1.165, 1.54) is 0 Å². The molecule has 0 unspecified atom stereocenters. The number of rotatable bonds is 0. The molecule has 0 aliphatic carbocycles. The second kappa shape index (κ2) is 3.04. The van der Waals surface area contributed by atoms with Crippen molar-refractivity contribution < 1.29 is 0 Å². The van der Waals surface area contributed by atoms with Crippen LogP contribution >= 0.6 is 0 Å². The summed E-state index contributed by atoms with van der Waals surface area (Å²) in [6.07, 6.45) is 0. The molecule has 0 aliphatic rings. The van der Waals surface area contributed by atoms with Crippen molar-refractivity contribution in [2.45, 2.75) is 33.2 Å². The molecule has 0 aromatic heterocycles. The van der Waals surface area contributed by atoms with Crippen molar-refractivity contribution in [3.63, 3.8) is 0 Å². The van der Waals surface area contributed by atoms with Gasteiger partial charge in [-0.2, -0.15) is 0 Å². The van der Waals surface area contributed by atoms with Crippen LogP contribution in [0.25, 0.3) is 0 Å². The standard InChI is InChI=1S/C8H18N2/c1-7(10(5)6)9-8(2,3)4/h1-6H3/b9-7+. The molecule has 2 nitrogen and oxygen atoms in total. The lowest BCUT2D eigenvalue weighted by atomic mass is 10.1. The number of hydrogen-bond acceptors (Lipinski definition) is 1. The molecule has 0 amide bonds. The molecule has 0 spiro atoms. The summed E-state index contributed by atoms with van der Waals surface area (Å²) in [5, 5.41) is 0. The highest BCUT2D eigenvalue weighted by Gasteiger charge is 2.07. The third-order valence-electron chi connectivity index (χ3n) is 1.14. The Morgan fingerprint density at radius 1 is 1.20 bits per heavy atom. The van der Waals surface area contributed by atoms with E-state index >= 15 is 0 Å². The molecule has 0 saturated carbocycles. The normalized spacial score (nSPS) is 13.6. The summed E-state index contributed by atoms with van der Waals surface area (Å²) in [6, 6.07) is 0. The van der Waals surface area contributed by atoms with Crippen LogP contribution < -0.4 is 0 Å². The van der Waals surface area contributed by atoms with E-state index in [1.807, 2.05) is 25.9 Å². The van der Waals surface area contributed by atoms with Crippen LogP contribution in [0.2, 0.25) is 0 Å². The minimum atomic E-state index is 0.0500. The zero-order valence-electron chi connectivity index (χ0n) is 7.89. The van der Waals surface area contributed by atoms with Crippen LogP contribution in [0.5, 0.6) is 0 Å². The predicted molar refractivity (Wildman–Crippen MR) is 46.5 cm³/mol. The lowest BCUT2D eigenvalue weighted by molar-refractivity contribution is 0.545. The second-order valence-electron chi connectivity index (χ2n) is 3.72. The van der Waals surface area contributed by atoms with Gasteiger partial charge in [0, 0.05) is 14.1 Å². The van der Waals surface area contributed by atoms with E-state index in [4.69, 9.17) is 0 Å². The van der Waals surface area contributed by atoms with E-state index in [0.29, 0.717) is 0 Å². The summed E-state index contributed by atoms with van der Waals surface area (Å²) in [6.45, 7) is 8.31. The van der Waals surface area contributed by atoms with Gasteiger partial charge in [0.15, 0.2) is 0 Å². The summed E-state index contributed by atoms with van der Waals surface area (Å²) in [5.74, 6) is 1.08. The largest absolute Gasteiger partial charge is 0.367 e. The molecule has 2 heteroatoms. The van der Waals surface area contributed by atoms with Gasteiger partial charge in [0.2, 0.25) is 0 Å². The van der Waals surface area contributed by atoms with Gasteiger partial charge in [-0.15, -0.1) is 0 Å². The molecule has 0 atom stereocenters. The van der Waals surface area contributed by atoms with Crippen molar-refractivity contribution in [3.05, 3.63) is 0 Å². The molecule has 10 heavy (non-hydrogen) atoms. The summed E-state index contributed by atoms with van der Waals surface area (Å²) in [7, 11) is 4.01. The first-order valence-corrected chi connectivity index (χ1v) is 3.57. The van der Waals surface area contributed by atoms with E-state index in [0.717, 1.165) is 5.84 Å². The van der Waals surface area contributed by atoms with Gasteiger partial charge >= 0.3 is 0 Å². The molecule has 0 aliphatic heterocycles. The van der Waals surface area contributed by atoms with Crippen LogP contribution in [0, 0.1) is 0 Å². The highest BCUT2D eigenvalue weighted by atomic mass is 15.1. The first-order valence-electron chi connectivity index (χ1n) is 3.57. The van der Waals surface area contributed by atoms with Gasteiger partial charge in [0.25, 0.3) is 0 Å². The zero-order valence-corrected chi connectivity index (χ0v) is 7.89. The van der Waals surface area contributed by atoms with Gasteiger partial charge in [-0.3, -0.25) is 4.99 Å². The van der Waals surface area contributed by atoms with Crippen molar-refractivity contribution in [3.8, 4) is 0 Å². The Morgan fingerprint density at radius 3 is 1.70 bits per heavy atom. The van der Waals surface area contributed by atoms with E-state index < -0.39 is 0 Å². The van der Waals surface area contributed by atoms with E-state index in [9.17, 15) is 0 Å². The first kappa shape index (κ1) is 9.47. The maximum atomic E-state index is 4.45. The van der Waals surface area contributed by atoms with Gasteiger partial charge in [-0.25, -0.2) is 0 Å². The van der Waals surface area contributed by atoms with E-state index in [-0.39, 0.29) is 5.54 Å². The second-order valence-corrected chi connectivity index (χ2v) is 3.72. The van der Waals surface area contributed by atoms with E-state index in [2.05, 4.69) is 25.8 Å². The molecule has 0 aromatic carbocycles. The number of amidine groups is 1. The summed E-state index contributed by atoms with van der Waals surface area (Å²) < 4.78 is 0. The smallest absolute Gasteiger partial charge is 0.0958 e. The van der Waals surface area contributed by atoms with Crippen LogP contribution in [0.15, 0.2) is 4.99 Å². The molecule has 0 fully saturated rings. The van der Waals surface area contributed by atoms with E-state index in [1.54, 1.807) is 0 Å². The zero-order chi connectivity index (χ0) is 8.36. The lowest BCUT2D eigenvalue weighted by Crippen LogP contribution is -2.23. The molecular weight excluding hydrogens is 124 g/mol. The Hall–Kier alpha value is -0.530. The fourth-order valence-electron chi connectivity index (χ4n) is 0.585. The Kier molecular flexibility index (Phi) is 2.88. The molecule has 0 radical (unpaired) electrons. The van der Waals surface area contributed by atoms with Gasteiger partial charge in [-0.1, -0.05) is 0 Å². The molecule has 0 bridgehead atoms. The molecular formula is C8H18N2. The van der Waals surface area contributed by atoms with Crippen molar-refractivity contribution in [2.24, 2.45) is 4.99 Å². The Labute approximate surface area is 63.9 Å². The van der Waals surface area contributed by atoms with Crippen molar-refractivity contribution in [1.82, 2.24) is 4.90 Å². The lowest BCUT2D eigenvalue weighted by Gasteiger charge is -2.18. The summed E-state index contributed by atoms with van der Waals surface area (Å²) >= 11 is 0. The first-order chi connectivity index (χ1) is 4.33. The number of hydrogen-bond donors (Lipinski definition) is 0. The Bertz CT molecular complexity index is 129. The SMILES string of the molecule is C/C(=N\C(C)(C)C)N(C)C.